The summed E-state index contributed by atoms with van der Waals surface area (Å²) in [5.74, 6) is 1.00. The van der Waals surface area contributed by atoms with Crippen LogP contribution >= 0.6 is 22.9 Å². The number of aryl methyl sites for hydroxylation is 3. The molecule has 5 nitrogen and oxygen atoms in total. The van der Waals surface area contributed by atoms with E-state index in [0.29, 0.717) is 28.9 Å². The van der Waals surface area contributed by atoms with E-state index in [-0.39, 0.29) is 5.91 Å². The maximum Gasteiger partial charge on any atom is 0.266 e. The number of halogens is 1. The third-order valence-corrected chi connectivity index (χ3v) is 6.98. The van der Waals surface area contributed by atoms with Crippen LogP contribution in [-0.4, -0.2) is 15.7 Å². The van der Waals surface area contributed by atoms with E-state index in [0.717, 1.165) is 29.7 Å². The highest BCUT2D eigenvalue weighted by Gasteiger charge is 2.15. The van der Waals surface area contributed by atoms with E-state index >= 15 is 0 Å². The van der Waals surface area contributed by atoms with E-state index in [4.69, 9.17) is 16.3 Å². The van der Waals surface area contributed by atoms with Crippen LogP contribution < -0.4 is 10.1 Å². The summed E-state index contributed by atoms with van der Waals surface area (Å²) >= 11 is 7.70. The summed E-state index contributed by atoms with van der Waals surface area (Å²) in [5, 5.41) is 9.63. The number of nitrogens with one attached hydrogen (secondary N) is 1. The van der Waals surface area contributed by atoms with E-state index in [1.54, 1.807) is 10.9 Å². The first-order valence-electron chi connectivity index (χ1n) is 11.0. The molecule has 1 aliphatic carbocycles. The minimum Gasteiger partial charge on any atom is -0.489 e. The lowest BCUT2D eigenvalue weighted by molar-refractivity contribution is 0.103. The molecule has 4 aromatic rings. The molecule has 0 radical (unpaired) electrons. The number of amides is 1. The summed E-state index contributed by atoms with van der Waals surface area (Å²) in [6, 6.07) is 16.4. The topological polar surface area (TPSA) is 56.2 Å². The van der Waals surface area contributed by atoms with Gasteiger partial charge in [0.25, 0.3) is 5.91 Å². The van der Waals surface area contributed by atoms with Crippen molar-refractivity contribution in [3.8, 4) is 5.75 Å². The van der Waals surface area contributed by atoms with Gasteiger partial charge in [-0.3, -0.25) is 9.48 Å². The molecule has 0 aliphatic heterocycles. The third-order valence-electron chi connectivity index (χ3n) is 5.73. The van der Waals surface area contributed by atoms with E-state index in [9.17, 15) is 4.79 Å². The molecule has 7 heteroatoms. The maximum absolute atomic E-state index is 12.7. The quantitative estimate of drug-likeness (QED) is 0.341. The van der Waals surface area contributed by atoms with Crippen LogP contribution in [0.4, 0.5) is 5.82 Å². The van der Waals surface area contributed by atoms with Crippen LogP contribution in [0.2, 0.25) is 5.02 Å². The lowest BCUT2D eigenvalue weighted by atomic mass is 10.1. The monoisotopic (exact) mass is 477 g/mol. The van der Waals surface area contributed by atoms with Crippen LogP contribution in [0.25, 0.3) is 0 Å². The summed E-state index contributed by atoms with van der Waals surface area (Å²) < 4.78 is 7.69. The van der Waals surface area contributed by atoms with Crippen LogP contribution in [0.3, 0.4) is 0 Å². The van der Waals surface area contributed by atoms with Crippen molar-refractivity contribution in [1.29, 1.82) is 0 Å². The number of carbonyl (C=O) groups excluding carboxylic acids is 1. The van der Waals surface area contributed by atoms with E-state index in [1.165, 1.54) is 34.4 Å². The standard InChI is InChI=1S/C26H24ClN3O2S/c1-17-4-2-5-18(10-17)13-30-14-23(27)25(29-30)28-26(31)24-11-19(16-33-24)15-32-22-9-8-20-6-3-7-21(20)12-22/h2,4-5,8-12,14,16H,3,6-7,13,15H2,1H3,(H,28,29,31). The van der Waals surface area contributed by atoms with Crippen molar-refractivity contribution < 1.29 is 9.53 Å². The van der Waals surface area contributed by atoms with Crippen molar-refractivity contribution in [3.63, 3.8) is 0 Å². The number of hydrogen-bond acceptors (Lipinski definition) is 4. The Labute approximate surface area is 202 Å². The fourth-order valence-corrected chi connectivity index (χ4v) is 5.09. The Kier molecular flexibility index (Phi) is 6.20. The molecule has 0 bridgehead atoms. The highest BCUT2D eigenvalue weighted by molar-refractivity contribution is 7.12. The van der Waals surface area contributed by atoms with E-state index in [2.05, 4.69) is 41.6 Å². The smallest absolute Gasteiger partial charge is 0.266 e. The van der Waals surface area contributed by atoms with E-state index < -0.39 is 0 Å². The van der Waals surface area contributed by atoms with Crippen molar-refractivity contribution in [3.05, 3.63) is 97.8 Å². The van der Waals surface area contributed by atoms with Crippen LogP contribution in [0.5, 0.6) is 5.75 Å². The predicted octanol–water partition coefficient (Wildman–Crippen LogP) is 6.27. The molecule has 1 N–H and O–H groups in total. The van der Waals surface area contributed by atoms with Gasteiger partial charge in [-0.2, -0.15) is 5.10 Å². The van der Waals surface area contributed by atoms with Gasteiger partial charge < -0.3 is 10.1 Å². The zero-order chi connectivity index (χ0) is 22.8. The van der Waals surface area contributed by atoms with Crippen molar-refractivity contribution in [2.45, 2.75) is 39.3 Å². The van der Waals surface area contributed by atoms with Gasteiger partial charge in [-0.25, -0.2) is 0 Å². The van der Waals surface area contributed by atoms with Crippen molar-refractivity contribution in [2.24, 2.45) is 0 Å². The normalized spacial score (nSPS) is 12.5. The molecule has 0 saturated heterocycles. The molecule has 0 fully saturated rings. The SMILES string of the molecule is Cc1cccc(Cn2cc(Cl)c(NC(=O)c3cc(COc4ccc5c(c4)CCC5)cs3)n2)c1. The molecular weight excluding hydrogens is 454 g/mol. The second-order valence-corrected chi connectivity index (χ2v) is 9.68. The number of nitrogens with zero attached hydrogens (tertiary/aromatic N) is 2. The van der Waals surface area contributed by atoms with Gasteiger partial charge in [-0.05, 0) is 66.5 Å². The first-order valence-corrected chi connectivity index (χ1v) is 12.2. The van der Waals surface area contributed by atoms with Gasteiger partial charge in [0.05, 0.1) is 11.4 Å². The zero-order valence-corrected chi connectivity index (χ0v) is 19.9. The summed E-state index contributed by atoms with van der Waals surface area (Å²) in [4.78, 5) is 13.3. The predicted molar refractivity (Wildman–Crippen MR) is 133 cm³/mol. The Morgan fingerprint density at radius 3 is 2.91 bits per heavy atom. The van der Waals surface area contributed by atoms with Gasteiger partial charge in [-0.15, -0.1) is 11.3 Å². The van der Waals surface area contributed by atoms with Crippen molar-refractivity contribution in [1.82, 2.24) is 9.78 Å². The summed E-state index contributed by atoms with van der Waals surface area (Å²) in [6.45, 7) is 3.06. The molecule has 5 rings (SSSR count). The fraction of sp³-hybridized carbons (Fsp3) is 0.231. The van der Waals surface area contributed by atoms with E-state index in [1.807, 2.05) is 29.6 Å². The molecule has 0 saturated carbocycles. The Balaban J connectivity index is 1.20. The highest BCUT2D eigenvalue weighted by Crippen LogP contribution is 2.27. The molecule has 1 amide bonds. The molecule has 0 spiro atoms. The maximum atomic E-state index is 12.7. The summed E-state index contributed by atoms with van der Waals surface area (Å²) in [6.07, 6.45) is 5.23. The number of benzene rings is 2. The molecule has 168 valence electrons. The Morgan fingerprint density at radius 2 is 2.03 bits per heavy atom. The number of carbonyl (C=O) groups is 1. The lowest BCUT2D eigenvalue weighted by Crippen LogP contribution is -2.11. The first kappa shape index (κ1) is 21.7. The van der Waals surface area contributed by atoms with Gasteiger partial charge >= 0.3 is 0 Å². The van der Waals surface area contributed by atoms with Crippen molar-refractivity contribution in [2.75, 3.05) is 5.32 Å². The number of rotatable bonds is 7. The average molecular weight is 478 g/mol. The minimum absolute atomic E-state index is 0.230. The average Bonchev–Trinajstić information content (AvgIpc) is 3.52. The molecule has 2 heterocycles. The van der Waals surface area contributed by atoms with Gasteiger partial charge in [0.1, 0.15) is 17.4 Å². The first-order chi connectivity index (χ1) is 16.0. The lowest BCUT2D eigenvalue weighted by Gasteiger charge is -2.07. The Hall–Kier alpha value is -3.09. The largest absolute Gasteiger partial charge is 0.489 e. The van der Waals surface area contributed by atoms with Crippen molar-refractivity contribution >= 4 is 34.7 Å². The fourth-order valence-electron chi connectivity index (χ4n) is 4.10. The number of hydrogen-bond donors (Lipinski definition) is 1. The van der Waals surface area contributed by atoms with Gasteiger partial charge in [0, 0.05) is 11.8 Å². The molecule has 2 aromatic heterocycles. The molecule has 2 aromatic carbocycles. The van der Waals surface area contributed by atoms with Crippen LogP contribution in [0.1, 0.15) is 43.9 Å². The second kappa shape index (κ2) is 9.41. The molecular formula is C26H24ClN3O2S. The highest BCUT2D eigenvalue weighted by atomic mass is 35.5. The van der Waals surface area contributed by atoms with Gasteiger partial charge in [-0.1, -0.05) is 47.5 Å². The molecule has 0 atom stereocenters. The van der Waals surface area contributed by atoms with Crippen LogP contribution in [0.15, 0.2) is 60.1 Å². The number of ether oxygens (including phenoxy) is 1. The molecule has 33 heavy (non-hydrogen) atoms. The molecule has 0 unspecified atom stereocenters. The van der Waals surface area contributed by atoms with Crippen LogP contribution in [-0.2, 0) is 26.0 Å². The Bertz CT molecular complexity index is 1310. The number of anilines is 1. The molecule has 1 aliphatic rings. The summed E-state index contributed by atoms with van der Waals surface area (Å²) in [5.41, 5.74) is 6.08. The third kappa shape index (κ3) is 5.13. The van der Waals surface area contributed by atoms with Gasteiger partial charge in [0.15, 0.2) is 5.82 Å². The summed E-state index contributed by atoms with van der Waals surface area (Å²) in [7, 11) is 0. The Morgan fingerprint density at radius 1 is 1.15 bits per heavy atom. The van der Waals surface area contributed by atoms with Crippen LogP contribution in [0, 0.1) is 6.92 Å². The zero-order valence-electron chi connectivity index (χ0n) is 18.3. The second-order valence-electron chi connectivity index (χ2n) is 8.36. The van der Waals surface area contributed by atoms with Gasteiger partial charge in [0.2, 0.25) is 0 Å². The number of aromatic nitrogens is 2. The number of thiophene rings is 1. The minimum atomic E-state index is -0.230. The number of fused-ring (bicyclic) bond motifs is 1.